The van der Waals surface area contributed by atoms with E-state index in [1.54, 1.807) is 5.56 Å². The molecule has 0 spiro atoms. The Kier molecular flexibility index (Phi) is 8.62. The Labute approximate surface area is 196 Å². The maximum atomic E-state index is 5.66. The van der Waals surface area contributed by atoms with Gasteiger partial charge in [0.05, 0.1) is 6.61 Å². The van der Waals surface area contributed by atoms with Crippen molar-refractivity contribution in [2.24, 2.45) is 17.8 Å². The second kappa shape index (κ2) is 11.8. The molecule has 4 rings (SSSR count). The fraction of sp³-hybridized carbons (Fsp3) is 0.548. The van der Waals surface area contributed by atoms with Crippen LogP contribution >= 0.6 is 0 Å². The van der Waals surface area contributed by atoms with Gasteiger partial charge in [0.25, 0.3) is 0 Å². The summed E-state index contributed by atoms with van der Waals surface area (Å²) in [5.74, 6) is 3.60. The van der Waals surface area contributed by atoms with E-state index in [-0.39, 0.29) is 0 Å². The van der Waals surface area contributed by atoms with Gasteiger partial charge in [0.2, 0.25) is 0 Å². The molecule has 2 aromatic carbocycles. The van der Waals surface area contributed by atoms with Gasteiger partial charge in [-0.3, -0.25) is 0 Å². The van der Waals surface area contributed by atoms with Gasteiger partial charge in [0.15, 0.2) is 0 Å². The molecule has 1 heteroatoms. The lowest BCUT2D eigenvalue weighted by Gasteiger charge is -2.37. The normalized spacial score (nSPS) is 26.4. The predicted octanol–water partition coefficient (Wildman–Crippen LogP) is 8.94. The van der Waals surface area contributed by atoms with Gasteiger partial charge in [-0.05, 0) is 111 Å². The summed E-state index contributed by atoms with van der Waals surface area (Å²) >= 11 is 0. The van der Waals surface area contributed by atoms with Crippen LogP contribution in [0.15, 0.2) is 60.7 Å². The van der Waals surface area contributed by atoms with Crippen LogP contribution in [-0.2, 0) is 11.3 Å². The van der Waals surface area contributed by atoms with E-state index in [9.17, 15) is 0 Å². The van der Waals surface area contributed by atoms with Crippen molar-refractivity contribution >= 4 is 0 Å². The Morgan fingerprint density at radius 1 is 0.750 bits per heavy atom. The second-order valence-electron chi connectivity index (χ2n) is 10.2. The van der Waals surface area contributed by atoms with E-state index in [1.807, 2.05) is 0 Å². The van der Waals surface area contributed by atoms with Gasteiger partial charge in [-0.2, -0.15) is 0 Å². The molecule has 0 aromatic heterocycles. The smallest absolute Gasteiger partial charge is 0.0716 e. The van der Waals surface area contributed by atoms with E-state index >= 15 is 0 Å². The highest BCUT2D eigenvalue weighted by atomic mass is 16.5. The monoisotopic (exact) mass is 430 g/mol. The first-order valence-electron chi connectivity index (χ1n) is 13.2. The predicted molar refractivity (Wildman–Crippen MR) is 137 cm³/mol. The van der Waals surface area contributed by atoms with Gasteiger partial charge in [0.1, 0.15) is 0 Å². The molecular formula is C31H42O. The number of ether oxygens (including phenoxy) is 1. The summed E-state index contributed by atoms with van der Waals surface area (Å²) in [5.41, 5.74) is 5.42. The van der Waals surface area contributed by atoms with Crippen molar-refractivity contribution in [1.82, 2.24) is 0 Å². The van der Waals surface area contributed by atoms with E-state index in [2.05, 4.69) is 74.5 Å². The molecule has 1 nitrogen and oxygen atoms in total. The van der Waals surface area contributed by atoms with Gasteiger partial charge in [0, 0.05) is 6.61 Å². The highest BCUT2D eigenvalue weighted by Gasteiger charge is 2.30. The molecule has 0 aliphatic heterocycles. The summed E-state index contributed by atoms with van der Waals surface area (Å²) in [6.07, 6.45) is 17.2. The highest BCUT2D eigenvalue weighted by molar-refractivity contribution is 5.64. The van der Waals surface area contributed by atoms with Crippen LogP contribution in [0, 0.1) is 17.8 Å². The molecule has 0 amide bonds. The zero-order valence-electron chi connectivity index (χ0n) is 20.3. The van der Waals surface area contributed by atoms with Crippen molar-refractivity contribution in [2.45, 2.75) is 84.2 Å². The van der Waals surface area contributed by atoms with Crippen LogP contribution in [-0.4, -0.2) is 6.61 Å². The summed E-state index contributed by atoms with van der Waals surface area (Å²) in [7, 11) is 0. The van der Waals surface area contributed by atoms with Crippen LogP contribution < -0.4 is 0 Å². The Balaban J connectivity index is 1.27. The van der Waals surface area contributed by atoms with Crippen LogP contribution in [0.25, 0.3) is 11.1 Å². The second-order valence-corrected chi connectivity index (χ2v) is 10.2. The third-order valence-electron chi connectivity index (χ3n) is 8.01. The van der Waals surface area contributed by atoms with Crippen molar-refractivity contribution < 1.29 is 4.74 Å². The quantitative estimate of drug-likeness (QED) is 0.300. The van der Waals surface area contributed by atoms with E-state index in [0.717, 1.165) is 36.7 Å². The molecule has 0 bridgehead atoms. The standard InChI is InChI=1S/C31H42O/c1-3-5-24-6-10-26(11-7-24)28-14-18-30(19-15-28)31-20-16-29(17-21-31)27-12-8-25(9-13-27)23-32-22-4-2/h3,5,8-9,12-13,16-17,20-21,24,26,28,30H,4,6-7,10-11,14-15,18-19,22-23H2,1-2H3/b5-3-. The number of hydrogen-bond donors (Lipinski definition) is 0. The highest BCUT2D eigenvalue weighted by Crippen LogP contribution is 2.44. The number of benzene rings is 2. The van der Waals surface area contributed by atoms with Gasteiger partial charge >= 0.3 is 0 Å². The van der Waals surface area contributed by atoms with E-state index in [0.29, 0.717) is 6.61 Å². The fourth-order valence-electron chi connectivity index (χ4n) is 6.08. The maximum Gasteiger partial charge on any atom is 0.0716 e. The van der Waals surface area contributed by atoms with Crippen molar-refractivity contribution in [1.29, 1.82) is 0 Å². The van der Waals surface area contributed by atoms with Gasteiger partial charge in [-0.25, -0.2) is 0 Å². The third-order valence-corrected chi connectivity index (χ3v) is 8.01. The first kappa shape index (κ1) is 23.3. The van der Waals surface area contributed by atoms with E-state index in [1.165, 1.54) is 68.1 Å². The summed E-state index contributed by atoms with van der Waals surface area (Å²) in [6, 6.07) is 18.3. The number of allylic oxidation sites excluding steroid dienone is 2. The van der Waals surface area contributed by atoms with E-state index in [4.69, 9.17) is 4.74 Å². The molecule has 0 heterocycles. The number of rotatable bonds is 8. The van der Waals surface area contributed by atoms with Crippen LogP contribution in [0.4, 0.5) is 0 Å². The first-order valence-corrected chi connectivity index (χ1v) is 13.2. The average Bonchev–Trinajstić information content (AvgIpc) is 2.86. The first-order chi connectivity index (χ1) is 15.8. The molecule has 2 aliphatic rings. The van der Waals surface area contributed by atoms with Crippen LogP contribution in [0.3, 0.4) is 0 Å². The van der Waals surface area contributed by atoms with Crippen molar-refractivity contribution in [3.05, 3.63) is 71.8 Å². The average molecular weight is 431 g/mol. The molecule has 0 radical (unpaired) electrons. The van der Waals surface area contributed by atoms with Crippen molar-refractivity contribution in [3.8, 4) is 11.1 Å². The molecule has 0 saturated heterocycles. The van der Waals surface area contributed by atoms with Crippen molar-refractivity contribution in [2.75, 3.05) is 6.61 Å². The van der Waals surface area contributed by atoms with Gasteiger partial charge in [-0.1, -0.05) is 67.6 Å². The minimum atomic E-state index is 0.715. The molecule has 2 saturated carbocycles. The zero-order valence-corrected chi connectivity index (χ0v) is 20.3. The van der Waals surface area contributed by atoms with Crippen molar-refractivity contribution in [3.63, 3.8) is 0 Å². The van der Waals surface area contributed by atoms with Crippen LogP contribution in [0.1, 0.15) is 88.7 Å². The lowest BCUT2D eigenvalue weighted by atomic mass is 9.68. The molecule has 2 aromatic rings. The summed E-state index contributed by atoms with van der Waals surface area (Å²) < 4.78 is 5.66. The van der Waals surface area contributed by atoms with Crippen LogP contribution in [0.2, 0.25) is 0 Å². The summed E-state index contributed by atoms with van der Waals surface area (Å²) in [6.45, 7) is 5.87. The lowest BCUT2D eigenvalue weighted by molar-refractivity contribution is 0.121. The van der Waals surface area contributed by atoms with Gasteiger partial charge in [-0.15, -0.1) is 0 Å². The Hall–Kier alpha value is -1.86. The number of hydrogen-bond acceptors (Lipinski definition) is 1. The molecule has 0 unspecified atom stereocenters. The summed E-state index contributed by atoms with van der Waals surface area (Å²) in [5, 5.41) is 0. The molecule has 2 fully saturated rings. The van der Waals surface area contributed by atoms with Crippen LogP contribution in [0.5, 0.6) is 0 Å². The molecule has 0 N–H and O–H groups in total. The topological polar surface area (TPSA) is 9.23 Å². The Bertz CT molecular complexity index is 816. The van der Waals surface area contributed by atoms with Gasteiger partial charge < -0.3 is 4.74 Å². The lowest BCUT2D eigenvalue weighted by Crippen LogP contribution is -2.25. The maximum absolute atomic E-state index is 5.66. The molecule has 32 heavy (non-hydrogen) atoms. The molecular weight excluding hydrogens is 388 g/mol. The third kappa shape index (κ3) is 6.13. The zero-order chi connectivity index (χ0) is 22.2. The largest absolute Gasteiger partial charge is 0.377 e. The SMILES string of the molecule is C/C=C\C1CCC(C2CCC(c3ccc(-c4ccc(COCCC)cc4)cc3)CC2)CC1. The molecule has 172 valence electrons. The Morgan fingerprint density at radius 3 is 1.88 bits per heavy atom. The molecule has 2 aliphatic carbocycles. The minimum absolute atomic E-state index is 0.715. The molecule has 0 atom stereocenters. The summed E-state index contributed by atoms with van der Waals surface area (Å²) in [4.78, 5) is 0. The fourth-order valence-corrected chi connectivity index (χ4v) is 6.08. The van der Waals surface area contributed by atoms with E-state index < -0.39 is 0 Å². The Morgan fingerprint density at radius 2 is 1.31 bits per heavy atom. The minimum Gasteiger partial charge on any atom is -0.377 e.